The van der Waals surface area contributed by atoms with Crippen LogP contribution in [0.5, 0.6) is 5.75 Å². The maximum absolute atomic E-state index is 12.8. The molecule has 5 heteroatoms. The van der Waals surface area contributed by atoms with Gasteiger partial charge in [-0.3, -0.25) is 9.59 Å². The van der Waals surface area contributed by atoms with Gasteiger partial charge in [0.05, 0.1) is 7.11 Å². The quantitative estimate of drug-likeness (QED) is 0.773. The van der Waals surface area contributed by atoms with Crippen LogP contribution in [0.1, 0.15) is 28.8 Å². The molecular weight excluding hydrogens is 352 g/mol. The number of rotatable bonds is 6. The molecule has 5 nitrogen and oxygen atoms in total. The summed E-state index contributed by atoms with van der Waals surface area (Å²) in [7, 11) is 3.52. The van der Waals surface area contributed by atoms with Crippen molar-refractivity contribution in [3.63, 3.8) is 0 Å². The first-order valence-electron chi connectivity index (χ1n) is 9.80. The van der Waals surface area contributed by atoms with Crippen molar-refractivity contribution in [2.24, 2.45) is 5.92 Å². The summed E-state index contributed by atoms with van der Waals surface area (Å²) in [5.41, 5.74) is 1.90. The Morgan fingerprint density at radius 1 is 1.04 bits per heavy atom. The van der Waals surface area contributed by atoms with Gasteiger partial charge < -0.3 is 14.5 Å². The van der Waals surface area contributed by atoms with Gasteiger partial charge in [-0.15, -0.1) is 0 Å². The minimum Gasteiger partial charge on any atom is -0.497 e. The molecule has 0 spiro atoms. The highest BCUT2D eigenvalue weighted by molar-refractivity contribution is 5.94. The van der Waals surface area contributed by atoms with Gasteiger partial charge in [0.2, 0.25) is 5.91 Å². The van der Waals surface area contributed by atoms with Crippen molar-refractivity contribution in [2.75, 3.05) is 33.8 Å². The van der Waals surface area contributed by atoms with E-state index in [2.05, 4.69) is 0 Å². The van der Waals surface area contributed by atoms with Gasteiger partial charge in [0, 0.05) is 38.2 Å². The van der Waals surface area contributed by atoms with Gasteiger partial charge in [0.15, 0.2) is 0 Å². The second-order valence-corrected chi connectivity index (χ2v) is 7.29. The monoisotopic (exact) mass is 380 g/mol. The predicted molar refractivity (Wildman–Crippen MR) is 109 cm³/mol. The summed E-state index contributed by atoms with van der Waals surface area (Å²) in [5, 5.41) is 0. The number of piperidine rings is 1. The molecule has 28 heavy (non-hydrogen) atoms. The normalized spacial score (nSPS) is 14.6. The van der Waals surface area contributed by atoms with E-state index in [4.69, 9.17) is 4.74 Å². The molecule has 0 radical (unpaired) electrons. The molecule has 1 fully saturated rings. The zero-order valence-electron chi connectivity index (χ0n) is 16.6. The van der Waals surface area contributed by atoms with E-state index in [9.17, 15) is 9.59 Å². The lowest BCUT2D eigenvalue weighted by Gasteiger charge is -2.33. The van der Waals surface area contributed by atoms with E-state index >= 15 is 0 Å². The fourth-order valence-corrected chi connectivity index (χ4v) is 3.60. The highest BCUT2D eigenvalue weighted by Crippen LogP contribution is 2.21. The molecule has 0 saturated carbocycles. The van der Waals surface area contributed by atoms with Gasteiger partial charge in [0.1, 0.15) is 5.75 Å². The number of carbonyl (C=O) groups is 2. The molecule has 0 bridgehead atoms. The van der Waals surface area contributed by atoms with Gasteiger partial charge in [-0.25, -0.2) is 0 Å². The van der Waals surface area contributed by atoms with Crippen molar-refractivity contribution < 1.29 is 14.3 Å². The van der Waals surface area contributed by atoms with Crippen LogP contribution in [0.2, 0.25) is 0 Å². The Morgan fingerprint density at radius 3 is 2.29 bits per heavy atom. The molecule has 2 amide bonds. The average molecular weight is 380 g/mol. The molecule has 148 valence electrons. The molecule has 2 aromatic carbocycles. The van der Waals surface area contributed by atoms with Crippen molar-refractivity contribution in [2.45, 2.75) is 19.3 Å². The van der Waals surface area contributed by atoms with E-state index in [1.54, 1.807) is 7.11 Å². The lowest BCUT2D eigenvalue weighted by atomic mass is 9.94. The van der Waals surface area contributed by atoms with E-state index in [0.717, 1.165) is 25.0 Å². The molecule has 2 aromatic rings. The minimum absolute atomic E-state index is 0.000640. The predicted octanol–water partition coefficient (Wildman–Crippen LogP) is 3.25. The summed E-state index contributed by atoms with van der Waals surface area (Å²) in [6, 6.07) is 17.3. The summed E-state index contributed by atoms with van der Waals surface area (Å²) in [5.74, 6) is 1.07. The first-order valence-corrected chi connectivity index (χ1v) is 9.80. The Labute approximate surface area is 166 Å². The number of ether oxygens (including phenoxy) is 1. The summed E-state index contributed by atoms with van der Waals surface area (Å²) >= 11 is 0. The van der Waals surface area contributed by atoms with Crippen molar-refractivity contribution >= 4 is 11.8 Å². The summed E-state index contributed by atoms with van der Waals surface area (Å²) < 4.78 is 5.17. The van der Waals surface area contributed by atoms with Gasteiger partial charge in [-0.05, 0) is 49.1 Å². The number of hydrogen-bond donors (Lipinski definition) is 0. The largest absolute Gasteiger partial charge is 0.497 e. The Kier molecular flexibility index (Phi) is 6.69. The van der Waals surface area contributed by atoms with Crippen molar-refractivity contribution in [3.05, 3.63) is 65.7 Å². The van der Waals surface area contributed by atoms with Crippen molar-refractivity contribution in [1.29, 1.82) is 0 Å². The number of nitrogens with zero attached hydrogens (tertiary/aromatic N) is 2. The Bertz CT molecular complexity index is 781. The molecule has 0 unspecified atom stereocenters. The third-order valence-electron chi connectivity index (χ3n) is 5.42. The van der Waals surface area contributed by atoms with Crippen molar-refractivity contribution in [3.8, 4) is 5.75 Å². The summed E-state index contributed by atoms with van der Waals surface area (Å²) in [6.07, 6.45) is 2.27. The molecule has 1 aliphatic heterocycles. The molecule has 1 saturated heterocycles. The average Bonchev–Trinajstić information content (AvgIpc) is 2.77. The maximum atomic E-state index is 12.8. The fraction of sp³-hybridized carbons (Fsp3) is 0.391. The van der Waals surface area contributed by atoms with Crippen LogP contribution in [0, 0.1) is 5.92 Å². The lowest BCUT2D eigenvalue weighted by Crippen LogP contribution is -2.43. The lowest BCUT2D eigenvalue weighted by molar-refractivity contribution is -0.135. The molecule has 1 heterocycles. The van der Waals surface area contributed by atoms with Crippen LogP contribution in [0.3, 0.4) is 0 Å². The molecular formula is C23H28N2O3. The standard InChI is InChI=1S/C23H28N2O3/c1-24(15-12-18-8-10-21(28-2)11-9-18)22(26)20-13-16-25(17-14-20)23(27)19-6-4-3-5-7-19/h3-11,20H,12-17H2,1-2H3. The molecule has 0 N–H and O–H groups in total. The Balaban J connectivity index is 1.46. The van der Waals surface area contributed by atoms with E-state index in [0.29, 0.717) is 25.2 Å². The zero-order valence-corrected chi connectivity index (χ0v) is 16.6. The highest BCUT2D eigenvalue weighted by Gasteiger charge is 2.29. The second-order valence-electron chi connectivity index (χ2n) is 7.29. The summed E-state index contributed by atoms with van der Waals surface area (Å²) in [4.78, 5) is 29.0. The van der Waals surface area contributed by atoms with Crippen LogP contribution in [0.15, 0.2) is 54.6 Å². The number of methoxy groups -OCH3 is 1. The maximum Gasteiger partial charge on any atom is 0.253 e. The van der Waals surface area contributed by atoms with Gasteiger partial charge in [-0.1, -0.05) is 30.3 Å². The molecule has 0 aromatic heterocycles. The zero-order chi connectivity index (χ0) is 19.9. The van der Waals surface area contributed by atoms with Gasteiger partial charge >= 0.3 is 0 Å². The second kappa shape index (κ2) is 9.40. The molecule has 0 atom stereocenters. The summed E-state index contributed by atoms with van der Waals surface area (Å²) in [6.45, 7) is 1.96. The number of amides is 2. The highest BCUT2D eigenvalue weighted by atomic mass is 16.5. The van der Waals surface area contributed by atoms with Crippen LogP contribution in [-0.4, -0.2) is 55.4 Å². The van der Waals surface area contributed by atoms with Crippen molar-refractivity contribution in [1.82, 2.24) is 9.80 Å². The third kappa shape index (κ3) is 4.91. The third-order valence-corrected chi connectivity index (χ3v) is 5.42. The number of likely N-dealkylation sites (tertiary alicyclic amines) is 1. The van der Waals surface area contributed by atoms with Gasteiger partial charge in [0.25, 0.3) is 5.91 Å². The van der Waals surface area contributed by atoms with E-state index in [1.165, 1.54) is 5.56 Å². The van der Waals surface area contributed by atoms with Crippen LogP contribution in [-0.2, 0) is 11.2 Å². The number of carbonyl (C=O) groups excluding carboxylic acids is 2. The topological polar surface area (TPSA) is 49.9 Å². The molecule has 1 aliphatic rings. The fourth-order valence-electron chi connectivity index (χ4n) is 3.60. The minimum atomic E-state index is 0.000640. The smallest absolute Gasteiger partial charge is 0.253 e. The van der Waals surface area contributed by atoms with Crippen LogP contribution < -0.4 is 4.74 Å². The SMILES string of the molecule is COc1ccc(CCN(C)C(=O)C2CCN(C(=O)c3ccccc3)CC2)cc1. The molecule has 0 aliphatic carbocycles. The first-order chi connectivity index (χ1) is 13.6. The number of hydrogen-bond acceptors (Lipinski definition) is 3. The Hall–Kier alpha value is -2.82. The van der Waals surface area contributed by atoms with Gasteiger partial charge in [-0.2, -0.15) is 0 Å². The van der Waals surface area contributed by atoms with E-state index in [1.807, 2.05) is 71.4 Å². The van der Waals surface area contributed by atoms with E-state index in [-0.39, 0.29) is 17.7 Å². The molecule has 3 rings (SSSR count). The van der Waals surface area contributed by atoms with Crippen LogP contribution in [0.4, 0.5) is 0 Å². The number of benzene rings is 2. The van der Waals surface area contributed by atoms with Crippen LogP contribution in [0.25, 0.3) is 0 Å². The number of likely N-dealkylation sites (N-methyl/N-ethyl adjacent to an activating group) is 1. The van der Waals surface area contributed by atoms with E-state index < -0.39 is 0 Å². The first kappa shape index (κ1) is 19.9. The Morgan fingerprint density at radius 2 is 1.68 bits per heavy atom. The van der Waals surface area contributed by atoms with Crippen LogP contribution >= 0.6 is 0 Å².